The average Bonchev–Trinajstić information content (AvgIpc) is 3.23. The topological polar surface area (TPSA) is 21.8 Å². The molecule has 1 aromatic carbocycles. The Morgan fingerprint density at radius 3 is 2.30 bits per heavy atom. The highest BCUT2D eigenvalue weighted by Gasteiger charge is 2.46. The number of fused-ring (bicyclic) bond motifs is 1. The fourth-order valence-corrected chi connectivity index (χ4v) is 4.48. The minimum Gasteiger partial charge on any atom is -0.487 e. The summed E-state index contributed by atoms with van der Waals surface area (Å²) in [7, 11) is 0. The number of epoxide rings is 1. The van der Waals surface area contributed by atoms with Gasteiger partial charge in [-0.3, -0.25) is 0 Å². The van der Waals surface area contributed by atoms with Crippen LogP contribution in [0.5, 0.6) is 5.75 Å². The van der Waals surface area contributed by atoms with Gasteiger partial charge < -0.3 is 9.47 Å². The second kappa shape index (κ2) is 7.28. The van der Waals surface area contributed by atoms with Crippen molar-refractivity contribution in [2.75, 3.05) is 0 Å². The molecule has 3 rings (SSSR count). The smallest absolute Gasteiger partial charge is 0.126 e. The first kappa shape index (κ1) is 20.5. The van der Waals surface area contributed by atoms with Crippen LogP contribution in [0.15, 0.2) is 11.6 Å². The lowest BCUT2D eigenvalue weighted by Crippen LogP contribution is -2.37. The molecule has 1 aromatic rings. The van der Waals surface area contributed by atoms with Gasteiger partial charge in [0, 0.05) is 0 Å². The van der Waals surface area contributed by atoms with Gasteiger partial charge in [-0.15, -0.1) is 0 Å². The Hall–Kier alpha value is -1.28. The zero-order valence-electron chi connectivity index (χ0n) is 18.7. The van der Waals surface area contributed by atoms with Crippen molar-refractivity contribution in [3.8, 4) is 5.75 Å². The zero-order chi connectivity index (χ0) is 20.0. The molecule has 0 N–H and O–H groups in total. The molecule has 150 valence electrons. The Labute approximate surface area is 166 Å². The van der Waals surface area contributed by atoms with E-state index in [0.29, 0.717) is 6.10 Å². The van der Waals surface area contributed by atoms with Crippen molar-refractivity contribution in [3.63, 3.8) is 0 Å². The van der Waals surface area contributed by atoms with E-state index in [1.54, 1.807) is 0 Å². The van der Waals surface area contributed by atoms with Gasteiger partial charge in [-0.25, -0.2) is 0 Å². The van der Waals surface area contributed by atoms with Crippen molar-refractivity contribution < 1.29 is 9.47 Å². The molecule has 2 aliphatic rings. The van der Waals surface area contributed by atoms with E-state index in [4.69, 9.17) is 9.47 Å². The summed E-state index contributed by atoms with van der Waals surface area (Å²) in [6, 6.07) is 0. The molecule has 0 aliphatic carbocycles. The molecule has 0 spiro atoms. The number of ether oxygens (including phenoxy) is 2. The predicted octanol–water partition coefficient (Wildman–Crippen LogP) is 6.69. The summed E-state index contributed by atoms with van der Waals surface area (Å²) in [6.07, 6.45) is 9.58. The van der Waals surface area contributed by atoms with Crippen LogP contribution in [-0.4, -0.2) is 17.3 Å². The Morgan fingerprint density at radius 2 is 1.67 bits per heavy atom. The van der Waals surface area contributed by atoms with Gasteiger partial charge in [0.05, 0.1) is 11.7 Å². The molecule has 2 aliphatic heterocycles. The third-order valence-corrected chi connectivity index (χ3v) is 7.14. The summed E-state index contributed by atoms with van der Waals surface area (Å²) in [5.41, 5.74) is 8.56. The molecular weight excluding hydrogens is 332 g/mol. The van der Waals surface area contributed by atoms with Crippen LogP contribution in [0.2, 0.25) is 0 Å². The van der Waals surface area contributed by atoms with E-state index >= 15 is 0 Å². The molecule has 0 saturated carbocycles. The minimum atomic E-state index is -0.0513. The molecule has 2 atom stereocenters. The van der Waals surface area contributed by atoms with Crippen LogP contribution in [-0.2, 0) is 11.2 Å². The summed E-state index contributed by atoms with van der Waals surface area (Å²) in [5.74, 6) is 1.16. The Bertz CT molecular complexity index is 756. The molecule has 2 heterocycles. The zero-order valence-corrected chi connectivity index (χ0v) is 18.7. The van der Waals surface area contributed by atoms with Crippen LogP contribution < -0.4 is 4.74 Å². The Morgan fingerprint density at radius 1 is 1.04 bits per heavy atom. The monoisotopic (exact) mass is 370 g/mol. The standard InChI is InChI=1S/C25H38O2/c1-16(11-12-22-24(6,7)26-22)10-9-14-25(8)15-13-21-19(4)17(2)18(3)20(5)23(21)27-25/h10,22H,9,11-15H2,1-8H3/b16-10+/t22?,25-/m0/s1. The van der Waals surface area contributed by atoms with Crippen LogP contribution >= 0.6 is 0 Å². The lowest BCUT2D eigenvalue weighted by atomic mass is 9.83. The van der Waals surface area contributed by atoms with Gasteiger partial charge in [-0.05, 0) is 122 Å². The first-order valence-electron chi connectivity index (χ1n) is 10.7. The predicted molar refractivity (Wildman–Crippen MR) is 114 cm³/mol. The summed E-state index contributed by atoms with van der Waals surface area (Å²) in [5, 5.41) is 0. The second-order valence-corrected chi connectivity index (χ2v) is 9.70. The Kier molecular flexibility index (Phi) is 5.51. The maximum Gasteiger partial charge on any atom is 0.126 e. The highest BCUT2D eigenvalue weighted by molar-refractivity contribution is 5.55. The molecule has 2 heteroatoms. The first-order valence-corrected chi connectivity index (χ1v) is 10.7. The van der Waals surface area contributed by atoms with Crippen molar-refractivity contribution in [1.29, 1.82) is 0 Å². The van der Waals surface area contributed by atoms with E-state index in [1.807, 2.05) is 0 Å². The lowest BCUT2D eigenvalue weighted by molar-refractivity contribution is 0.0560. The van der Waals surface area contributed by atoms with E-state index in [-0.39, 0.29) is 11.2 Å². The van der Waals surface area contributed by atoms with Gasteiger partial charge in [-0.1, -0.05) is 11.6 Å². The van der Waals surface area contributed by atoms with Crippen LogP contribution in [0, 0.1) is 27.7 Å². The number of hydrogen-bond donors (Lipinski definition) is 0. The van der Waals surface area contributed by atoms with Crippen LogP contribution in [0.25, 0.3) is 0 Å². The SMILES string of the molecule is C/C(=C\CC[C@@]1(C)CCc2c(C)c(C)c(C)c(C)c2O1)CCC1OC1(C)C. The maximum absolute atomic E-state index is 6.63. The normalized spacial score (nSPS) is 26.5. The molecule has 2 nitrogen and oxygen atoms in total. The summed E-state index contributed by atoms with van der Waals surface area (Å²) in [6.45, 7) is 17.9. The third kappa shape index (κ3) is 4.26. The second-order valence-electron chi connectivity index (χ2n) is 9.70. The summed E-state index contributed by atoms with van der Waals surface area (Å²) >= 11 is 0. The van der Waals surface area contributed by atoms with Gasteiger partial charge in [0.2, 0.25) is 0 Å². The van der Waals surface area contributed by atoms with E-state index in [2.05, 4.69) is 61.5 Å². The van der Waals surface area contributed by atoms with E-state index in [9.17, 15) is 0 Å². The van der Waals surface area contributed by atoms with Crippen LogP contribution in [0.1, 0.15) is 87.6 Å². The van der Waals surface area contributed by atoms with E-state index in [1.165, 1.54) is 33.4 Å². The van der Waals surface area contributed by atoms with Crippen LogP contribution in [0.4, 0.5) is 0 Å². The van der Waals surface area contributed by atoms with E-state index in [0.717, 1.165) is 44.3 Å². The van der Waals surface area contributed by atoms with Crippen molar-refractivity contribution >= 4 is 0 Å². The molecule has 1 saturated heterocycles. The molecule has 0 bridgehead atoms. The number of rotatable bonds is 6. The fourth-order valence-electron chi connectivity index (χ4n) is 4.48. The highest BCUT2D eigenvalue weighted by atomic mass is 16.6. The lowest BCUT2D eigenvalue weighted by Gasteiger charge is -2.38. The molecule has 1 fully saturated rings. The molecule has 27 heavy (non-hydrogen) atoms. The van der Waals surface area contributed by atoms with Gasteiger partial charge in [0.15, 0.2) is 0 Å². The quantitative estimate of drug-likeness (QED) is 0.411. The summed E-state index contributed by atoms with van der Waals surface area (Å²) < 4.78 is 12.3. The molecular formula is C25H38O2. The minimum absolute atomic E-state index is 0.0513. The summed E-state index contributed by atoms with van der Waals surface area (Å²) in [4.78, 5) is 0. The van der Waals surface area contributed by atoms with Gasteiger partial charge in [0.1, 0.15) is 11.4 Å². The number of hydrogen-bond acceptors (Lipinski definition) is 2. The largest absolute Gasteiger partial charge is 0.487 e. The molecule has 0 radical (unpaired) electrons. The van der Waals surface area contributed by atoms with Crippen molar-refractivity contribution in [3.05, 3.63) is 39.5 Å². The number of benzene rings is 1. The Balaban J connectivity index is 1.59. The average molecular weight is 371 g/mol. The van der Waals surface area contributed by atoms with Gasteiger partial charge in [-0.2, -0.15) is 0 Å². The van der Waals surface area contributed by atoms with Crippen molar-refractivity contribution in [1.82, 2.24) is 0 Å². The first-order chi connectivity index (χ1) is 12.5. The third-order valence-electron chi connectivity index (χ3n) is 7.14. The van der Waals surface area contributed by atoms with Crippen LogP contribution in [0.3, 0.4) is 0 Å². The fraction of sp³-hybridized carbons (Fsp3) is 0.680. The van der Waals surface area contributed by atoms with Crippen molar-refractivity contribution in [2.45, 2.75) is 111 Å². The number of allylic oxidation sites excluding steroid dienone is 2. The highest BCUT2D eigenvalue weighted by Crippen LogP contribution is 2.42. The molecule has 1 unspecified atom stereocenters. The van der Waals surface area contributed by atoms with E-state index < -0.39 is 0 Å². The molecule has 0 amide bonds. The van der Waals surface area contributed by atoms with Gasteiger partial charge in [0.25, 0.3) is 0 Å². The van der Waals surface area contributed by atoms with Crippen molar-refractivity contribution in [2.24, 2.45) is 0 Å². The molecule has 0 aromatic heterocycles. The van der Waals surface area contributed by atoms with Gasteiger partial charge >= 0.3 is 0 Å². The maximum atomic E-state index is 6.63.